The van der Waals surface area contributed by atoms with E-state index in [1.54, 1.807) is 29.9 Å². The Morgan fingerprint density at radius 1 is 1.16 bits per heavy atom. The van der Waals surface area contributed by atoms with Crippen LogP contribution in [-0.4, -0.2) is 15.7 Å². The standard InChI is InChI=1S/C20H18N4O/c1-14(16-10-8-15(13-21)9-11-16)22-20(25)19-12-18(23-24(19)2)17-6-4-3-5-7-17/h3-12,14H,1-2H3,(H,22,25). The molecule has 0 fully saturated rings. The van der Waals surface area contributed by atoms with Gasteiger partial charge in [0.25, 0.3) is 5.91 Å². The van der Waals surface area contributed by atoms with E-state index < -0.39 is 0 Å². The van der Waals surface area contributed by atoms with E-state index in [9.17, 15) is 4.79 Å². The molecule has 1 heterocycles. The van der Waals surface area contributed by atoms with E-state index >= 15 is 0 Å². The van der Waals surface area contributed by atoms with Crippen LogP contribution in [0.3, 0.4) is 0 Å². The van der Waals surface area contributed by atoms with Crippen molar-refractivity contribution in [2.24, 2.45) is 7.05 Å². The Bertz CT molecular complexity index is 921. The molecule has 0 aliphatic carbocycles. The van der Waals surface area contributed by atoms with Crippen LogP contribution in [0.1, 0.15) is 34.6 Å². The second kappa shape index (κ2) is 7.02. The van der Waals surface area contributed by atoms with E-state index in [4.69, 9.17) is 5.26 Å². The van der Waals surface area contributed by atoms with Crippen molar-refractivity contribution in [2.75, 3.05) is 0 Å². The highest BCUT2D eigenvalue weighted by Crippen LogP contribution is 2.19. The Kier molecular flexibility index (Phi) is 4.62. The van der Waals surface area contributed by atoms with Gasteiger partial charge < -0.3 is 5.32 Å². The third kappa shape index (κ3) is 3.59. The van der Waals surface area contributed by atoms with E-state index in [-0.39, 0.29) is 11.9 Å². The number of carbonyl (C=O) groups is 1. The number of aromatic nitrogens is 2. The van der Waals surface area contributed by atoms with Gasteiger partial charge in [-0.1, -0.05) is 42.5 Å². The zero-order valence-corrected chi connectivity index (χ0v) is 14.1. The smallest absolute Gasteiger partial charge is 0.270 e. The zero-order valence-electron chi connectivity index (χ0n) is 14.1. The lowest BCUT2D eigenvalue weighted by Crippen LogP contribution is -2.28. The maximum absolute atomic E-state index is 12.6. The maximum atomic E-state index is 12.6. The third-order valence-corrected chi connectivity index (χ3v) is 4.07. The number of hydrogen-bond acceptors (Lipinski definition) is 3. The molecular formula is C20H18N4O. The highest BCUT2D eigenvalue weighted by Gasteiger charge is 2.17. The third-order valence-electron chi connectivity index (χ3n) is 4.07. The van der Waals surface area contributed by atoms with E-state index in [0.717, 1.165) is 16.8 Å². The highest BCUT2D eigenvalue weighted by molar-refractivity contribution is 5.94. The van der Waals surface area contributed by atoms with E-state index in [2.05, 4.69) is 16.5 Å². The molecule has 0 saturated heterocycles. The largest absolute Gasteiger partial charge is 0.344 e. The van der Waals surface area contributed by atoms with Crippen molar-refractivity contribution in [1.29, 1.82) is 5.26 Å². The predicted molar refractivity (Wildman–Crippen MR) is 95.7 cm³/mol. The minimum atomic E-state index is -0.186. The van der Waals surface area contributed by atoms with Crippen LogP contribution in [0.15, 0.2) is 60.7 Å². The molecule has 1 unspecified atom stereocenters. The number of rotatable bonds is 4. The summed E-state index contributed by atoms with van der Waals surface area (Å²) in [5, 5.41) is 16.3. The molecule has 1 N–H and O–H groups in total. The topological polar surface area (TPSA) is 70.7 Å². The molecule has 0 aliphatic heterocycles. The lowest BCUT2D eigenvalue weighted by atomic mass is 10.1. The summed E-state index contributed by atoms with van der Waals surface area (Å²) >= 11 is 0. The van der Waals surface area contributed by atoms with Gasteiger partial charge in [-0.3, -0.25) is 9.48 Å². The summed E-state index contributed by atoms with van der Waals surface area (Å²) in [6.45, 7) is 1.91. The molecule has 0 aliphatic rings. The summed E-state index contributed by atoms with van der Waals surface area (Å²) in [5.41, 5.74) is 3.77. The molecule has 0 radical (unpaired) electrons. The van der Waals surface area contributed by atoms with Crippen molar-refractivity contribution in [1.82, 2.24) is 15.1 Å². The van der Waals surface area contributed by atoms with Crippen LogP contribution in [-0.2, 0) is 7.05 Å². The van der Waals surface area contributed by atoms with Crippen LogP contribution in [0.5, 0.6) is 0 Å². The number of nitrogens with zero attached hydrogens (tertiary/aromatic N) is 3. The van der Waals surface area contributed by atoms with Gasteiger partial charge in [0.05, 0.1) is 23.4 Å². The fraction of sp³-hybridized carbons (Fsp3) is 0.150. The van der Waals surface area contributed by atoms with E-state index in [1.807, 2.05) is 49.4 Å². The summed E-state index contributed by atoms with van der Waals surface area (Å²) in [4.78, 5) is 12.6. The Labute approximate surface area is 146 Å². The molecular weight excluding hydrogens is 312 g/mol. The Morgan fingerprint density at radius 3 is 2.48 bits per heavy atom. The van der Waals surface area contributed by atoms with Gasteiger partial charge in [0.2, 0.25) is 0 Å². The van der Waals surface area contributed by atoms with E-state index in [0.29, 0.717) is 11.3 Å². The van der Waals surface area contributed by atoms with Gasteiger partial charge in [-0.05, 0) is 30.7 Å². The van der Waals surface area contributed by atoms with Crippen molar-refractivity contribution in [3.8, 4) is 17.3 Å². The predicted octanol–water partition coefficient (Wildman–Crippen LogP) is 3.45. The van der Waals surface area contributed by atoms with Gasteiger partial charge >= 0.3 is 0 Å². The molecule has 1 aromatic heterocycles. The molecule has 1 amide bonds. The summed E-state index contributed by atoms with van der Waals surface area (Å²) in [5.74, 6) is -0.186. The molecule has 0 bridgehead atoms. The molecule has 2 aromatic carbocycles. The van der Waals surface area contributed by atoms with Crippen molar-refractivity contribution in [2.45, 2.75) is 13.0 Å². The summed E-state index contributed by atoms with van der Waals surface area (Å²) < 4.78 is 1.59. The van der Waals surface area contributed by atoms with Crippen LogP contribution in [0.2, 0.25) is 0 Å². The molecule has 25 heavy (non-hydrogen) atoms. The Balaban J connectivity index is 1.77. The normalized spacial score (nSPS) is 11.6. The first-order valence-electron chi connectivity index (χ1n) is 7.99. The van der Waals surface area contributed by atoms with Crippen LogP contribution in [0.4, 0.5) is 0 Å². The summed E-state index contributed by atoms with van der Waals surface area (Å²) in [6, 6.07) is 20.6. The number of carbonyl (C=O) groups excluding carboxylic acids is 1. The minimum absolute atomic E-state index is 0.171. The van der Waals surface area contributed by atoms with Gasteiger partial charge in [0.1, 0.15) is 5.69 Å². The maximum Gasteiger partial charge on any atom is 0.270 e. The first-order chi connectivity index (χ1) is 12.1. The fourth-order valence-corrected chi connectivity index (χ4v) is 2.63. The molecule has 0 spiro atoms. The molecule has 5 heteroatoms. The highest BCUT2D eigenvalue weighted by atomic mass is 16.2. The number of nitriles is 1. The molecule has 3 aromatic rings. The van der Waals surface area contributed by atoms with Crippen LogP contribution < -0.4 is 5.32 Å². The second-order valence-corrected chi connectivity index (χ2v) is 5.83. The SMILES string of the molecule is CC(NC(=O)c1cc(-c2ccccc2)nn1C)c1ccc(C#N)cc1. The Morgan fingerprint density at radius 2 is 1.84 bits per heavy atom. The molecule has 0 saturated carbocycles. The number of nitrogens with one attached hydrogen (secondary N) is 1. The number of benzene rings is 2. The monoisotopic (exact) mass is 330 g/mol. The van der Waals surface area contributed by atoms with Crippen LogP contribution in [0, 0.1) is 11.3 Å². The zero-order chi connectivity index (χ0) is 17.8. The quantitative estimate of drug-likeness (QED) is 0.796. The van der Waals surface area contributed by atoms with E-state index in [1.165, 1.54) is 0 Å². The van der Waals surface area contributed by atoms with Crippen molar-refractivity contribution < 1.29 is 4.79 Å². The lowest BCUT2D eigenvalue weighted by Gasteiger charge is -2.14. The lowest BCUT2D eigenvalue weighted by molar-refractivity contribution is 0.0930. The summed E-state index contributed by atoms with van der Waals surface area (Å²) in [6.07, 6.45) is 0. The number of hydrogen-bond donors (Lipinski definition) is 1. The summed E-state index contributed by atoms with van der Waals surface area (Å²) in [7, 11) is 1.76. The minimum Gasteiger partial charge on any atom is -0.344 e. The second-order valence-electron chi connectivity index (χ2n) is 5.83. The van der Waals surface area contributed by atoms with Crippen molar-refractivity contribution >= 4 is 5.91 Å². The van der Waals surface area contributed by atoms with Crippen molar-refractivity contribution in [3.05, 3.63) is 77.5 Å². The van der Waals surface area contributed by atoms with Gasteiger partial charge in [-0.2, -0.15) is 10.4 Å². The fourth-order valence-electron chi connectivity index (χ4n) is 2.63. The number of aryl methyl sites for hydroxylation is 1. The van der Waals surface area contributed by atoms with Gasteiger partial charge in [-0.25, -0.2) is 0 Å². The first kappa shape index (κ1) is 16.5. The molecule has 3 rings (SSSR count). The van der Waals surface area contributed by atoms with Gasteiger partial charge in [0, 0.05) is 12.6 Å². The van der Waals surface area contributed by atoms with Crippen LogP contribution in [0.25, 0.3) is 11.3 Å². The molecule has 124 valence electrons. The number of amides is 1. The van der Waals surface area contributed by atoms with Gasteiger partial charge in [0.15, 0.2) is 0 Å². The average molecular weight is 330 g/mol. The van der Waals surface area contributed by atoms with Crippen LogP contribution >= 0.6 is 0 Å². The Hall–Kier alpha value is -3.39. The average Bonchev–Trinajstić information content (AvgIpc) is 3.04. The molecule has 1 atom stereocenters. The first-order valence-corrected chi connectivity index (χ1v) is 7.99. The van der Waals surface area contributed by atoms with Gasteiger partial charge in [-0.15, -0.1) is 0 Å². The molecule has 5 nitrogen and oxygen atoms in total. The van der Waals surface area contributed by atoms with Crippen molar-refractivity contribution in [3.63, 3.8) is 0 Å².